The molecule has 0 fully saturated rings. The highest BCUT2D eigenvalue weighted by Crippen LogP contribution is 2.38. The third-order valence-corrected chi connectivity index (χ3v) is 9.63. The van der Waals surface area contributed by atoms with Crippen LogP contribution in [0.2, 0.25) is 0 Å². The van der Waals surface area contributed by atoms with Crippen molar-refractivity contribution in [2.45, 2.75) is 72.1 Å². The Morgan fingerprint density at radius 3 is 2.73 bits per heavy atom. The topological polar surface area (TPSA) is 33.1 Å². The van der Waals surface area contributed by atoms with Crippen molar-refractivity contribution >= 4 is 28.1 Å². The van der Waals surface area contributed by atoms with Crippen molar-refractivity contribution in [3.63, 3.8) is 0 Å². The van der Waals surface area contributed by atoms with Crippen LogP contribution >= 0.6 is 0 Å². The summed E-state index contributed by atoms with van der Waals surface area (Å²) >= 11 is 0. The molecule has 1 N–H and O–H groups in total. The van der Waals surface area contributed by atoms with Crippen molar-refractivity contribution in [2.24, 2.45) is 13.0 Å². The van der Waals surface area contributed by atoms with Gasteiger partial charge in [0.1, 0.15) is 11.6 Å². The molecule has 0 spiro atoms. The molecular weight excluding hydrogens is 621 g/mol. The van der Waals surface area contributed by atoms with Gasteiger partial charge in [-0.3, -0.25) is 4.90 Å². The Labute approximate surface area is 307 Å². The first-order valence-corrected chi connectivity index (χ1v) is 18.9. The lowest BCUT2D eigenvalue weighted by Gasteiger charge is -2.30. The predicted molar refractivity (Wildman–Crippen MR) is 223 cm³/mol. The zero-order chi connectivity index (χ0) is 35.8. The number of hydrogen-bond donors (Lipinski definition) is 1. The normalized spacial score (nSPS) is 15.8. The van der Waals surface area contributed by atoms with Crippen LogP contribution in [-0.4, -0.2) is 16.1 Å². The summed E-state index contributed by atoms with van der Waals surface area (Å²) in [5, 5.41) is 4.85. The zero-order valence-electron chi connectivity index (χ0n) is 31.2. The molecule has 2 aliphatic carbocycles. The minimum atomic E-state index is 0.228. The van der Waals surface area contributed by atoms with Crippen LogP contribution in [-0.2, 0) is 13.5 Å². The van der Waals surface area contributed by atoms with Gasteiger partial charge >= 0.3 is 0 Å². The average Bonchev–Trinajstić information content (AvgIpc) is 3.27. The number of rotatable bonds is 17. The number of aryl methyl sites for hydroxylation is 1. The second-order valence-electron chi connectivity index (χ2n) is 13.1. The van der Waals surface area contributed by atoms with Crippen molar-refractivity contribution in [3.05, 3.63) is 168 Å². The SMILES string of the molecule is C=CC(C/C=C\C=C/CNc1cccc(N(C2=C(CCCC)CCC=C2)C(/C=C\C=C/C)=C\CC)n1)C1=CC=CCc2c1c1ccccc1n2C. The number of pyridine rings is 1. The molecule has 0 bridgehead atoms. The molecule has 4 heteroatoms. The lowest BCUT2D eigenvalue weighted by molar-refractivity contribution is 0.737. The van der Waals surface area contributed by atoms with Crippen LogP contribution in [0.3, 0.4) is 0 Å². The molecule has 2 heterocycles. The number of anilines is 2. The van der Waals surface area contributed by atoms with E-state index in [4.69, 9.17) is 4.98 Å². The molecule has 0 saturated carbocycles. The number of nitrogens with one attached hydrogen (secondary N) is 1. The van der Waals surface area contributed by atoms with Crippen LogP contribution in [0.1, 0.15) is 77.0 Å². The van der Waals surface area contributed by atoms with E-state index in [0.29, 0.717) is 6.54 Å². The molecule has 5 rings (SSSR count). The summed E-state index contributed by atoms with van der Waals surface area (Å²) in [6.07, 6.45) is 41.4. The van der Waals surface area contributed by atoms with E-state index in [2.05, 4.69) is 176 Å². The molecule has 2 aliphatic rings. The Kier molecular flexibility index (Phi) is 14.1. The van der Waals surface area contributed by atoms with Crippen LogP contribution < -0.4 is 10.2 Å². The van der Waals surface area contributed by atoms with E-state index in [1.165, 1.54) is 51.8 Å². The monoisotopic (exact) mass is 676 g/mol. The summed E-state index contributed by atoms with van der Waals surface area (Å²) in [6.45, 7) is 11.4. The highest BCUT2D eigenvalue weighted by Gasteiger charge is 2.23. The van der Waals surface area contributed by atoms with E-state index < -0.39 is 0 Å². The number of nitrogens with zero attached hydrogens (tertiary/aromatic N) is 3. The highest BCUT2D eigenvalue weighted by atomic mass is 15.2. The van der Waals surface area contributed by atoms with Gasteiger partial charge in [-0.05, 0) is 86.9 Å². The van der Waals surface area contributed by atoms with Gasteiger partial charge in [-0.1, -0.05) is 124 Å². The quantitative estimate of drug-likeness (QED) is 0.114. The van der Waals surface area contributed by atoms with Crippen LogP contribution in [0.5, 0.6) is 0 Å². The summed E-state index contributed by atoms with van der Waals surface area (Å²) in [7, 11) is 2.18. The van der Waals surface area contributed by atoms with Gasteiger partial charge in [0, 0.05) is 59.5 Å². The molecule has 1 aromatic carbocycles. The van der Waals surface area contributed by atoms with E-state index in [-0.39, 0.29) is 5.92 Å². The molecule has 4 nitrogen and oxygen atoms in total. The minimum absolute atomic E-state index is 0.228. The van der Waals surface area contributed by atoms with Crippen molar-refractivity contribution in [3.8, 4) is 0 Å². The molecule has 0 saturated heterocycles. The first-order valence-electron chi connectivity index (χ1n) is 18.9. The second-order valence-corrected chi connectivity index (χ2v) is 13.1. The third kappa shape index (κ3) is 9.38. The first-order chi connectivity index (χ1) is 25.1. The third-order valence-electron chi connectivity index (χ3n) is 9.63. The van der Waals surface area contributed by atoms with E-state index in [9.17, 15) is 0 Å². The summed E-state index contributed by atoms with van der Waals surface area (Å²) in [4.78, 5) is 7.49. The van der Waals surface area contributed by atoms with Crippen molar-refractivity contribution in [1.29, 1.82) is 0 Å². The number of unbranched alkanes of at least 4 members (excludes halogenated alkanes) is 1. The van der Waals surface area contributed by atoms with Crippen LogP contribution in [0.15, 0.2) is 157 Å². The van der Waals surface area contributed by atoms with Crippen molar-refractivity contribution < 1.29 is 0 Å². The fraction of sp³-hybridized carbons (Fsp3) is 0.298. The van der Waals surface area contributed by atoms with Gasteiger partial charge in [-0.25, -0.2) is 4.98 Å². The van der Waals surface area contributed by atoms with Gasteiger partial charge in [-0.2, -0.15) is 0 Å². The Morgan fingerprint density at radius 1 is 1.04 bits per heavy atom. The maximum Gasteiger partial charge on any atom is 0.139 e. The number of benzene rings is 1. The van der Waals surface area contributed by atoms with E-state index >= 15 is 0 Å². The number of para-hydroxylation sites is 1. The van der Waals surface area contributed by atoms with Crippen LogP contribution in [0.25, 0.3) is 16.5 Å². The molecule has 1 atom stereocenters. The smallest absolute Gasteiger partial charge is 0.139 e. The second kappa shape index (κ2) is 19.3. The fourth-order valence-electron chi connectivity index (χ4n) is 7.04. The molecular formula is C47H56N4. The minimum Gasteiger partial charge on any atom is -0.367 e. The highest BCUT2D eigenvalue weighted by molar-refractivity contribution is 5.96. The summed E-state index contributed by atoms with van der Waals surface area (Å²) in [5.41, 5.74) is 9.27. The van der Waals surface area contributed by atoms with Crippen molar-refractivity contribution in [2.75, 3.05) is 16.8 Å². The predicted octanol–water partition coefficient (Wildman–Crippen LogP) is 12.5. The van der Waals surface area contributed by atoms with E-state index in [1.807, 2.05) is 6.92 Å². The first kappa shape index (κ1) is 37.2. The van der Waals surface area contributed by atoms with Gasteiger partial charge < -0.3 is 9.88 Å². The van der Waals surface area contributed by atoms with Gasteiger partial charge in [0.15, 0.2) is 0 Å². The van der Waals surface area contributed by atoms with Gasteiger partial charge in [0.25, 0.3) is 0 Å². The molecule has 0 aliphatic heterocycles. The number of fused-ring (bicyclic) bond motifs is 3. The van der Waals surface area contributed by atoms with E-state index in [0.717, 1.165) is 55.9 Å². The number of allylic oxidation sites excluding steroid dienone is 16. The summed E-state index contributed by atoms with van der Waals surface area (Å²) in [5.74, 6) is 2.02. The Hall–Kier alpha value is -5.09. The molecule has 51 heavy (non-hydrogen) atoms. The largest absolute Gasteiger partial charge is 0.367 e. The summed E-state index contributed by atoms with van der Waals surface area (Å²) < 4.78 is 2.35. The molecule has 3 aromatic rings. The Balaban J connectivity index is 1.28. The molecule has 0 amide bonds. The molecule has 264 valence electrons. The zero-order valence-corrected chi connectivity index (χ0v) is 31.2. The summed E-state index contributed by atoms with van der Waals surface area (Å²) in [6, 6.07) is 15.0. The maximum atomic E-state index is 5.14. The van der Waals surface area contributed by atoms with Gasteiger partial charge in [0.05, 0.1) is 0 Å². The molecule has 1 unspecified atom stereocenters. The van der Waals surface area contributed by atoms with Gasteiger partial charge in [0.2, 0.25) is 0 Å². The maximum absolute atomic E-state index is 5.14. The van der Waals surface area contributed by atoms with E-state index in [1.54, 1.807) is 0 Å². The average molecular weight is 677 g/mol. The number of aromatic nitrogens is 2. The molecule has 0 radical (unpaired) electrons. The lowest BCUT2D eigenvalue weighted by Crippen LogP contribution is -2.24. The number of hydrogen-bond acceptors (Lipinski definition) is 3. The standard InChI is InChI=1S/C47H56N4/c1-6-10-14-28-39(24-8-3)51(42-31-19-16-27-38(42)25-11-7-2)46-35-23-34-45(49-46)48-36-22-13-12-15-26-37(9-4)40-29-17-21-33-44-47(40)41-30-18-20-32-43(41)50(44)5/h6,9-10,12-15,17-24,28-32,34-35,37H,4,7-8,11,16,25-27,33,36H2,1-3,5H3,(H,48,49)/b10-6-,15-12-,22-13-,28-14-,39-24-. The van der Waals surface area contributed by atoms with Gasteiger partial charge in [-0.15, -0.1) is 6.58 Å². The van der Waals surface area contributed by atoms with Crippen LogP contribution in [0.4, 0.5) is 11.6 Å². The van der Waals surface area contributed by atoms with Crippen molar-refractivity contribution in [1.82, 2.24) is 9.55 Å². The van der Waals surface area contributed by atoms with Crippen LogP contribution in [0, 0.1) is 5.92 Å². The lowest BCUT2D eigenvalue weighted by atomic mass is 9.88. The Bertz CT molecular complexity index is 1920. The fourth-order valence-corrected chi connectivity index (χ4v) is 7.04. The molecule has 2 aromatic heterocycles. The Morgan fingerprint density at radius 2 is 1.90 bits per heavy atom.